The number of piperazine rings is 1. The van der Waals surface area contributed by atoms with Crippen molar-refractivity contribution in [2.75, 3.05) is 31.1 Å². The zero-order valence-corrected chi connectivity index (χ0v) is 9.95. The Morgan fingerprint density at radius 2 is 2.00 bits per heavy atom. The highest BCUT2D eigenvalue weighted by Crippen LogP contribution is 2.11. The summed E-state index contributed by atoms with van der Waals surface area (Å²) in [6, 6.07) is 4.18. The van der Waals surface area contributed by atoms with Crippen LogP contribution >= 0.6 is 0 Å². The molecule has 0 unspecified atom stereocenters. The lowest BCUT2D eigenvalue weighted by Gasteiger charge is -2.28. The van der Waals surface area contributed by atoms with Crippen molar-refractivity contribution in [3.63, 3.8) is 0 Å². The van der Waals surface area contributed by atoms with Gasteiger partial charge in [-0.3, -0.25) is 0 Å². The minimum Gasteiger partial charge on any atom is -0.354 e. The van der Waals surface area contributed by atoms with Gasteiger partial charge in [-0.15, -0.1) is 0 Å². The number of aromatic nitrogens is 1. The number of hydrogen-bond donors (Lipinski definition) is 1. The summed E-state index contributed by atoms with van der Waals surface area (Å²) in [6.45, 7) is 10.4. The number of nitrogens with zero attached hydrogens (tertiary/aromatic N) is 2. The molecule has 1 N–H and O–H groups in total. The van der Waals surface area contributed by atoms with Crippen LogP contribution in [0.3, 0.4) is 0 Å². The van der Waals surface area contributed by atoms with Crippen molar-refractivity contribution >= 4 is 5.82 Å². The molecule has 2 rings (SSSR count). The van der Waals surface area contributed by atoms with Gasteiger partial charge in [0.15, 0.2) is 0 Å². The van der Waals surface area contributed by atoms with E-state index in [9.17, 15) is 0 Å². The molecule has 1 aliphatic rings. The van der Waals surface area contributed by atoms with Crippen molar-refractivity contribution < 1.29 is 1.43 Å². The van der Waals surface area contributed by atoms with Gasteiger partial charge in [-0.1, -0.05) is 13.8 Å². The van der Waals surface area contributed by atoms with E-state index in [4.69, 9.17) is 0 Å². The Kier molecular flexibility index (Phi) is 5.12. The van der Waals surface area contributed by atoms with E-state index in [0.717, 1.165) is 32.0 Å². The maximum absolute atomic E-state index is 4.36. The summed E-state index contributed by atoms with van der Waals surface area (Å²) in [5.41, 5.74) is 1.28. The van der Waals surface area contributed by atoms with Gasteiger partial charge in [-0.25, -0.2) is 4.98 Å². The van der Waals surface area contributed by atoms with Crippen molar-refractivity contribution in [2.45, 2.75) is 20.8 Å². The number of aryl methyl sites for hydroxylation is 1. The number of pyridine rings is 1. The first kappa shape index (κ1) is 12.0. The minimum absolute atomic E-state index is 0. The Balaban J connectivity index is 0.000000711. The Labute approximate surface area is 94.0 Å². The lowest BCUT2D eigenvalue weighted by Crippen LogP contribution is -2.43. The van der Waals surface area contributed by atoms with E-state index in [1.165, 1.54) is 5.56 Å². The van der Waals surface area contributed by atoms with Gasteiger partial charge in [-0.2, -0.15) is 0 Å². The van der Waals surface area contributed by atoms with Crippen molar-refractivity contribution in [2.24, 2.45) is 0 Å². The quantitative estimate of drug-likeness (QED) is 0.767. The van der Waals surface area contributed by atoms with Crippen LogP contribution in [0.1, 0.15) is 20.8 Å². The van der Waals surface area contributed by atoms with Crippen LogP contribution in [-0.4, -0.2) is 31.2 Å². The molecule has 0 spiro atoms. The molecule has 0 radical (unpaired) electrons. The monoisotopic (exact) mass is 209 g/mol. The van der Waals surface area contributed by atoms with Crippen LogP contribution in [-0.2, 0) is 0 Å². The predicted molar refractivity (Wildman–Crippen MR) is 67.5 cm³/mol. The number of hydrogen-bond acceptors (Lipinski definition) is 3. The average Bonchev–Trinajstić information content (AvgIpc) is 2.33. The molecule has 2 heterocycles. The van der Waals surface area contributed by atoms with E-state index >= 15 is 0 Å². The second kappa shape index (κ2) is 6.40. The topological polar surface area (TPSA) is 28.2 Å². The van der Waals surface area contributed by atoms with Gasteiger partial charge < -0.3 is 10.2 Å². The summed E-state index contributed by atoms with van der Waals surface area (Å²) in [7, 11) is 0. The lowest BCUT2D eigenvalue weighted by molar-refractivity contribution is 0.585. The molecule has 0 atom stereocenters. The smallest absolute Gasteiger partial charge is 0.128 e. The molecule has 0 bridgehead atoms. The van der Waals surface area contributed by atoms with Gasteiger partial charge in [0.05, 0.1) is 0 Å². The molecule has 1 aliphatic heterocycles. The third-order valence-corrected chi connectivity index (χ3v) is 2.34. The van der Waals surface area contributed by atoms with Crippen LogP contribution in [0.15, 0.2) is 18.3 Å². The maximum Gasteiger partial charge on any atom is 0.128 e. The van der Waals surface area contributed by atoms with E-state index in [1.54, 1.807) is 0 Å². The molecule has 1 aromatic heterocycles. The van der Waals surface area contributed by atoms with Crippen molar-refractivity contribution in [1.82, 2.24) is 10.3 Å². The molecular weight excluding hydrogens is 186 g/mol. The Morgan fingerprint density at radius 3 is 2.60 bits per heavy atom. The van der Waals surface area contributed by atoms with Crippen molar-refractivity contribution in [3.8, 4) is 0 Å². The fourth-order valence-corrected chi connectivity index (χ4v) is 1.59. The van der Waals surface area contributed by atoms with E-state index in [-0.39, 0.29) is 1.43 Å². The van der Waals surface area contributed by atoms with Crippen LogP contribution in [0.2, 0.25) is 0 Å². The SMILES string of the molecule is CC.Cc1ccnc(N2CCNCC2)c1.[HH]. The van der Waals surface area contributed by atoms with Crippen LogP contribution in [0.25, 0.3) is 0 Å². The van der Waals surface area contributed by atoms with Gasteiger partial charge in [0, 0.05) is 33.8 Å². The highest BCUT2D eigenvalue weighted by atomic mass is 15.2. The first-order valence-electron chi connectivity index (χ1n) is 5.74. The normalized spacial score (nSPS) is 15.5. The third kappa shape index (κ3) is 3.51. The Bertz CT molecular complexity index is 285. The van der Waals surface area contributed by atoms with Crippen molar-refractivity contribution in [1.29, 1.82) is 0 Å². The highest BCUT2D eigenvalue weighted by molar-refractivity contribution is 5.41. The molecule has 0 saturated carbocycles. The zero-order valence-electron chi connectivity index (χ0n) is 9.95. The summed E-state index contributed by atoms with van der Waals surface area (Å²) >= 11 is 0. The second-order valence-electron chi connectivity index (χ2n) is 3.43. The van der Waals surface area contributed by atoms with Gasteiger partial charge >= 0.3 is 0 Å². The lowest BCUT2D eigenvalue weighted by atomic mass is 10.2. The van der Waals surface area contributed by atoms with E-state index in [0.29, 0.717) is 0 Å². The van der Waals surface area contributed by atoms with Crippen LogP contribution < -0.4 is 10.2 Å². The number of nitrogens with one attached hydrogen (secondary N) is 1. The summed E-state index contributed by atoms with van der Waals surface area (Å²) < 4.78 is 0. The summed E-state index contributed by atoms with van der Waals surface area (Å²) in [6.07, 6.45) is 1.88. The molecule has 3 heteroatoms. The largest absolute Gasteiger partial charge is 0.354 e. The number of rotatable bonds is 1. The van der Waals surface area contributed by atoms with Gasteiger partial charge in [-0.05, 0) is 24.6 Å². The van der Waals surface area contributed by atoms with Gasteiger partial charge in [0.2, 0.25) is 0 Å². The zero-order chi connectivity index (χ0) is 11.1. The van der Waals surface area contributed by atoms with E-state index < -0.39 is 0 Å². The molecule has 0 aromatic carbocycles. The molecule has 1 aromatic rings. The predicted octanol–water partition coefficient (Wildman–Crippen LogP) is 2.07. The molecule has 15 heavy (non-hydrogen) atoms. The molecule has 0 amide bonds. The van der Waals surface area contributed by atoms with Gasteiger partial charge in [0.1, 0.15) is 5.82 Å². The minimum atomic E-state index is 0. The summed E-state index contributed by atoms with van der Waals surface area (Å²) in [4.78, 5) is 6.68. The Morgan fingerprint density at radius 1 is 1.33 bits per heavy atom. The first-order valence-corrected chi connectivity index (χ1v) is 5.74. The maximum atomic E-state index is 4.36. The standard InChI is InChI=1S/C10H15N3.C2H6.H2/c1-9-2-3-12-10(8-9)13-6-4-11-5-7-13;1-2;/h2-3,8,11H,4-7H2,1H3;1-2H3;1H. The first-order chi connectivity index (χ1) is 7.36. The van der Waals surface area contributed by atoms with Crippen LogP contribution in [0, 0.1) is 6.92 Å². The van der Waals surface area contributed by atoms with Crippen LogP contribution in [0.5, 0.6) is 0 Å². The second-order valence-corrected chi connectivity index (χ2v) is 3.43. The molecule has 1 saturated heterocycles. The van der Waals surface area contributed by atoms with Crippen molar-refractivity contribution in [3.05, 3.63) is 23.9 Å². The van der Waals surface area contributed by atoms with Gasteiger partial charge in [0.25, 0.3) is 0 Å². The molecular formula is C12H23N3. The summed E-state index contributed by atoms with van der Waals surface area (Å²) in [5, 5.41) is 3.33. The fourth-order valence-electron chi connectivity index (χ4n) is 1.59. The average molecular weight is 209 g/mol. The third-order valence-electron chi connectivity index (χ3n) is 2.34. The number of anilines is 1. The van der Waals surface area contributed by atoms with E-state index in [2.05, 4.69) is 28.2 Å². The fraction of sp³-hybridized carbons (Fsp3) is 0.583. The molecule has 86 valence electrons. The highest BCUT2D eigenvalue weighted by Gasteiger charge is 2.10. The van der Waals surface area contributed by atoms with Crippen LogP contribution in [0.4, 0.5) is 5.82 Å². The molecule has 1 fully saturated rings. The molecule has 3 nitrogen and oxygen atoms in total. The van der Waals surface area contributed by atoms with E-state index in [1.807, 2.05) is 26.1 Å². The summed E-state index contributed by atoms with van der Waals surface area (Å²) in [5.74, 6) is 1.11. The molecule has 0 aliphatic carbocycles. The Hall–Kier alpha value is -1.09.